The number of hydrogen-bond acceptors (Lipinski definition) is 7. The van der Waals surface area contributed by atoms with E-state index in [2.05, 4.69) is 21.3 Å². The molecule has 1 aromatic carbocycles. The third-order valence-corrected chi connectivity index (χ3v) is 7.26. The largest absolute Gasteiger partial charge is 0.507 e. The minimum Gasteiger partial charge on any atom is -0.507 e. The van der Waals surface area contributed by atoms with Gasteiger partial charge in [0.15, 0.2) is 0 Å². The molecule has 0 aliphatic carbocycles. The Kier molecular flexibility index (Phi) is 8.70. The molecule has 2 fully saturated rings. The van der Waals surface area contributed by atoms with Crippen molar-refractivity contribution in [1.29, 1.82) is 0 Å². The molecule has 0 unspecified atom stereocenters. The highest BCUT2D eigenvalue weighted by Gasteiger charge is 2.42. The van der Waals surface area contributed by atoms with Crippen molar-refractivity contribution in [1.82, 2.24) is 21.3 Å². The second-order valence-electron chi connectivity index (χ2n) is 8.22. The lowest BCUT2D eigenvalue weighted by molar-refractivity contribution is -0.121. The fraction of sp³-hybridized carbons (Fsp3) is 0.500. The van der Waals surface area contributed by atoms with Crippen LogP contribution in [0, 0.1) is 0 Å². The molecule has 3 rings (SSSR count). The zero-order valence-electron chi connectivity index (χ0n) is 18.4. The van der Waals surface area contributed by atoms with Gasteiger partial charge < -0.3 is 37.8 Å². The lowest BCUT2D eigenvalue weighted by Crippen LogP contribution is -2.36. The van der Waals surface area contributed by atoms with Crippen molar-refractivity contribution in [2.75, 3.05) is 18.8 Å². The number of nitrogens with one attached hydrogen (secondary N) is 4. The number of hydrogen-bond donors (Lipinski definition) is 7. The molecule has 1 aromatic rings. The predicted octanol–water partition coefficient (Wildman–Crippen LogP) is 0.570. The molecule has 33 heavy (non-hydrogen) atoms. The van der Waals surface area contributed by atoms with Gasteiger partial charge in [0.2, 0.25) is 5.91 Å². The van der Waals surface area contributed by atoms with E-state index in [1.54, 1.807) is 12.3 Å². The van der Waals surface area contributed by atoms with Crippen LogP contribution in [-0.2, 0) is 4.79 Å². The lowest BCUT2D eigenvalue weighted by Gasteiger charge is -2.16. The standard InChI is InChI=1S/C22H32N6O4S/c23-15(13-6-7-14(21(24)31)17(29)10-13)11-25-8-3-9-26-19(30)5-2-1-4-18-20-16(12-33-18)27-22(32)28-20/h6-7,10-11,16,18,20,25,29H,1-5,8-9,12,23H2,(H2,24,31)(H,26,30)(H2,27,28,32)/b15-11-/t16-,18-,20-/m0/s1. The number of carbonyl (C=O) groups is 3. The van der Waals surface area contributed by atoms with Crippen molar-refractivity contribution in [2.24, 2.45) is 11.5 Å². The first-order valence-electron chi connectivity index (χ1n) is 11.1. The first-order valence-corrected chi connectivity index (χ1v) is 12.2. The molecule has 0 saturated carbocycles. The Balaban J connectivity index is 1.24. The molecule has 0 spiro atoms. The normalized spacial score (nSPS) is 21.8. The number of carbonyl (C=O) groups excluding carboxylic acids is 3. The molecule has 10 nitrogen and oxygen atoms in total. The molecule has 0 aromatic heterocycles. The monoisotopic (exact) mass is 476 g/mol. The van der Waals surface area contributed by atoms with Crippen LogP contribution in [-0.4, -0.2) is 59.1 Å². The summed E-state index contributed by atoms with van der Waals surface area (Å²) < 4.78 is 0. The van der Waals surface area contributed by atoms with E-state index in [9.17, 15) is 19.5 Å². The van der Waals surface area contributed by atoms with Crippen molar-refractivity contribution in [3.8, 4) is 5.75 Å². The van der Waals surface area contributed by atoms with Gasteiger partial charge in [0, 0.05) is 42.3 Å². The number of primary amides is 1. The van der Waals surface area contributed by atoms with E-state index in [0.29, 0.717) is 36.0 Å². The molecule has 2 aliphatic heterocycles. The number of unbranched alkanes of at least 4 members (excludes halogenated alkanes) is 1. The highest BCUT2D eigenvalue weighted by molar-refractivity contribution is 8.00. The second kappa shape index (κ2) is 11.7. The van der Waals surface area contributed by atoms with Gasteiger partial charge in [-0.05, 0) is 31.4 Å². The number of urea groups is 1. The predicted molar refractivity (Wildman–Crippen MR) is 128 cm³/mol. The summed E-state index contributed by atoms with van der Waals surface area (Å²) in [6.45, 7) is 1.18. The summed E-state index contributed by atoms with van der Waals surface area (Å²) in [5.74, 6) is 0.0767. The van der Waals surface area contributed by atoms with Gasteiger partial charge in [-0.1, -0.05) is 12.5 Å². The van der Waals surface area contributed by atoms with Crippen molar-refractivity contribution >= 4 is 35.3 Å². The summed E-state index contributed by atoms with van der Waals surface area (Å²) in [4.78, 5) is 34.6. The maximum atomic E-state index is 12.0. The fourth-order valence-electron chi connectivity index (χ4n) is 3.97. The van der Waals surface area contributed by atoms with Gasteiger partial charge in [0.25, 0.3) is 5.91 Å². The number of fused-ring (bicyclic) bond motifs is 1. The molecular weight excluding hydrogens is 444 g/mol. The highest BCUT2D eigenvalue weighted by atomic mass is 32.2. The van der Waals surface area contributed by atoms with Crippen molar-refractivity contribution in [3.05, 3.63) is 35.5 Å². The van der Waals surface area contributed by atoms with E-state index < -0.39 is 5.91 Å². The molecule has 0 bridgehead atoms. The molecule has 2 saturated heterocycles. The summed E-state index contributed by atoms with van der Waals surface area (Å²) in [6, 6.07) is 4.81. The Morgan fingerprint density at radius 2 is 2.00 bits per heavy atom. The molecule has 180 valence electrons. The maximum Gasteiger partial charge on any atom is 0.315 e. The van der Waals surface area contributed by atoms with E-state index >= 15 is 0 Å². The molecule has 0 radical (unpaired) electrons. The Labute approximate surface area is 197 Å². The van der Waals surface area contributed by atoms with Gasteiger partial charge in [-0.3, -0.25) is 9.59 Å². The highest BCUT2D eigenvalue weighted by Crippen LogP contribution is 2.33. The van der Waals surface area contributed by atoms with E-state index in [4.69, 9.17) is 11.5 Å². The second-order valence-corrected chi connectivity index (χ2v) is 9.49. The first-order chi connectivity index (χ1) is 15.8. The van der Waals surface area contributed by atoms with Gasteiger partial charge in [-0.2, -0.15) is 11.8 Å². The van der Waals surface area contributed by atoms with Crippen molar-refractivity contribution in [3.63, 3.8) is 0 Å². The number of thioether (sulfide) groups is 1. The number of amides is 4. The molecule has 3 atom stereocenters. The van der Waals surface area contributed by atoms with E-state index in [-0.39, 0.29) is 35.3 Å². The van der Waals surface area contributed by atoms with Crippen LogP contribution in [0.25, 0.3) is 5.70 Å². The molecule has 9 N–H and O–H groups in total. The van der Waals surface area contributed by atoms with Gasteiger partial charge in [0.05, 0.1) is 23.3 Å². The third-order valence-electron chi connectivity index (χ3n) is 5.75. The van der Waals surface area contributed by atoms with Crippen LogP contribution in [0.3, 0.4) is 0 Å². The van der Waals surface area contributed by atoms with Crippen molar-refractivity contribution < 1.29 is 19.5 Å². The van der Waals surface area contributed by atoms with Crippen LogP contribution in [0.5, 0.6) is 5.75 Å². The molecule has 11 heteroatoms. The van der Waals surface area contributed by atoms with E-state index in [1.807, 2.05) is 11.8 Å². The fourth-order valence-corrected chi connectivity index (χ4v) is 5.51. The van der Waals surface area contributed by atoms with Gasteiger partial charge in [-0.25, -0.2) is 4.79 Å². The SMILES string of the molecule is NC(=O)c1ccc(/C(N)=C/NCCCNC(=O)CCCC[C@@H]2SC[C@@H]3NC(=O)N[C@@H]32)cc1O. The summed E-state index contributed by atoms with van der Waals surface area (Å²) in [5, 5.41) is 22.2. The third kappa shape index (κ3) is 6.95. The van der Waals surface area contributed by atoms with Crippen molar-refractivity contribution in [2.45, 2.75) is 49.4 Å². The average Bonchev–Trinajstić information content (AvgIpc) is 3.32. The van der Waals surface area contributed by atoms with Crippen LogP contribution in [0.4, 0.5) is 4.79 Å². The molecule has 2 aliphatic rings. The van der Waals surface area contributed by atoms with Crippen LogP contribution in [0.1, 0.15) is 48.0 Å². The van der Waals surface area contributed by atoms with Crippen LogP contribution in [0.2, 0.25) is 0 Å². The number of aromatic hydroxyl groups is 1. The average molecular weight is 477 g/mol. The zero-order chi connectivity index (χ0) is 23.8. The Bertz CT molecular complexity index is 909. The van der Waals surface area contributed by atoms with Gasteiger partial charge >= 0.3 is 6.03 Å². The lowest BCUT2D eigenvalue weighted by atomic mass is 10.0. The summed E-state index contributed by atoms with van der Waals surface area (Å²) >= 11 is 1.89. The summed E-state index contributed by atoms with van der Waals surface area (Å²) in [7, 11) is 0. The van der Waals surface area contributed by atoms with Crippen LogP contribution in [0.15, 0.2) is 24.4 Å². The number of benzene rings is 1. The maximum absolute atomic E-state index is 12.0. The molecule has 4 amide bonds. The zero-order valence-corrected chi connectivity index (χ0v) is 19.2. The minimum absolute atomic E-state index is 0.0425. The Morgan fingerprint density at radius 1 is 1.18 bits per heavy atom. The Hall–Kier alpha value is -3.08. The molecular formula is C22H32N6O4S. The van der Waals surface area contributed by atoms with Crippen LogP contribution >= 0.6 is 11.8 Å². The van der Waals surface area contributed by atoms with E-state index in [0.717, 1.165) is 31.4 Å². The van der Waals surface area contributed by atoms with Gasteiger partial charge in [0.1, 0.15) is 5.75 Å². The number of rotatable bonds is 12. The topological polar surface area (TPSA) is 172 Å². The quantitative estimate of drug-likeness (QED) is 0.171. The first kappa shape index (κ1) is 24.6. The number of phenols is 1. The Morgan fingerprint density at radius 3 is 2.76 bits per heavy atom. The van der Waals surface area contributed by atoms with Crippen LogP contribution < -0.4 is 32.7 Å². The summed E-state index contributed by atoms with van der Waals surface area (Å²) in [5.41, 5.74) is 12.2. The molecule has 2 heterocycles. The summed E-state index contributed by atoms with van der Waals surface area (Å²) in [6.07, 6.45) is 5.65. The number of nitrogens with two attached hydrogens (primary N) is 2. The van der Waals surface area contributed by atoms with E-state index in [1.165, 1.54) is 12.1 Å². The van der Waals surface area contributed by atoms with Gasteiger partial charge in [-0.15, -0.1) is 0 Å². The minimum atomic E-state index is -0.704. The smallest absolute Gasteiger partial charge is 0.315 e.